The van der Waals surface area contributed by atoms with Crippen LogP contribution in [0.1, 0.15) is 50.6 Å². The van der Waals surface area contributed by atoms with Crippen molar-refractivity contribution in [2.45, 2.75) is 25.2 Å². The fourth-order valence-corrected chi connectivity index (χ4v) is 4.69. The van der Waals surface area contributed by atoms with Crippen LogP contribution < -0.4 is 5.32 Å². The van der Waals surface area contributed by atoms with Crippen LogP contribution in [0.5, 0.6) is 0 Å². The maximum atomic E-state index is 14.2. The number of carbonyl (C=O) groups is 3. The summed E-state index contributed by atoms with van der Waals surface area (Å²) < 4.78 is 32.7. The first-order chi connectivity index (χ1) is 17.7. The minimum Gasteiger partial charge on any atom is -0.465 e. The molecular weight excluding hydrogens is 546 g/mol. The molecule has 0 saturated carbocycles. The van der Waals surface area contributed by atoms with Crippen molar-refractivity contribution in [1.82, 2.24) is 4.90 Å². The number of halogens is 3. The predicted octanol–water partition coefficient (Wildman–Crippen LogP) is 5.71. The largest absolute Gasteiger partial charge is 0.465 e. The molecule has 0 unspecified atom stereocenters. The number of hydrogen-bond donors (Lipinski definition) is 1. The Balaban J connectivity index is 1.29. The van der Waals surface area contributed by atoms with Gasteiger partial charge in [0.1, 0.15) is 11.6 Å². The molecule has 1 heterocycles. The van der Waals surface area contributed by atoms with Crippen LogP contribution in [0.3, 0.4) is 0 Å². The first-order valence-electron chi connectivity index (χ1n) is 11.8. The van der Waals surface area contributed by atoms with Crippen molar-refractivity contribution in [2.24, 2.45) is 0 Å². The second kappa shape index (κ2) is 11.6. The monoisotopic (exact) mass is 570 g/mol. The van der Waals surface area contributed by atoms with Gasteiger partial charge in [-0.05, 0) is 82.2 Å². The summed E-state index contributed by atoms with van der Waals surface area (Å²) in [7, 11) is 1.32. The summed E-state index contributed by atoms with van der Waals surface area (Å²) in [5, 5.41) is 2.87. The smallest absolute Gasteiger partial charge is 0.337 e. The maximum absolute atomic E-state index is 14.2. The lowest BCUT2D eigenvalue weighted by atomic mass is 9.89. The molecular formula is C28H25BrF2N2O4. The summed E-state index contributed by atoms with van der Waals surface area (Å²) >= 11 is 2.92. The molecule has 0 spiro atoms. The zero-order valence-electron chi connectivity index (χ0n) is 20.1. The maximum Gasteiger partial charge on any atom is 0.337 e. The molecule has 1 saturated heterocycles. The van der Waals surface area contributed by atoms with E-state index in [9.17, 15) is 23.2 Å². The third kappa shape index (κ3) is 6.40. The molecule has 0 aliphatic carbocycles. The number of esters is 1. The van der Waals surface area contributed by atoms with Gasteiger partial charge in [-0.25, -0.2) is 13.6 Å². The fraction of sp³-hybridized carbons (Fsp3) is 0.250. The van der Waals surface area contributed by atoms with E-state index in [0.717, 1.165) is 23.3 Å². The van der Waals surface area contributed by atoms with Crippen LogP contribution in [0.25, 0.3) is 0 Å². The number of benzene rings is 3. The van der Waals surface area contributed by atoms with Gasteiger partial charge in [0.2, 0.25) is 5.91 Å². The van der Waals surface area contributed by atoms with Crippen molar-refractivity contribution >= 4 is 39.4 Å². The van der Waals surface area contributed by atoms with Gasteiger partial charge < -0.3 is 15.0 Å². The third-order valence-corrected chi connectivity index (χ3v) is 7.04. The highest BCUT2D eigenvalue weighted by molar-refractivity contribution is 9.10. The Morgan fingerprint density at radius 2 is 1.62 bits per heavy atom. The van der Waals surface area contributed by atoms with Crippen molar-refractivity contribution in [1.29, 1.82) is 0 Å². The Morgan fingerprint density at radius 3 is 2.24 bits per heavy atom. The van der Waals surface area contributed by atoms with E-state index in [1.54, 1.807) is 29.2 Å². The zero-order valence-corrected chi connectivity index (χ0v) is 21.7. The summed E-state index contributed by atoms with van der Waals surface area (Å²) in [5.74, 6) is -2.34. The van der Waals surface area contributed by atoms with Crippen LogP contribution in [0.2, 0.25) is 0 Å². The van der Waals surface area contributed by atoms with Crippen LogP contribution in [-0.2, 0) is 16.0 Å². The fourth-order valence-electron chi connectivity index (χ4n) is 4.38. The highest BCUT2D eigenvalue weighted by Gasteiger charge is 2.27. The van der Waals surface area contributed by atoms with Gasteiger partial charge in [0.05, 0.1) is 29.1 Å². The number of hydrogen-bond acceptors (Lipinski definition) is 4. The summed E-state index contributed by atoms with van der Waals surface area (Å²) in [6, 6.07) is 16.1. The van der Waals surface area contributed by atoms with Crippen molar-refractivity contribution in [2.75, 3.05) is 25.5 Å². The SMILES string of the molecule is COC(=O)c1ccc(CC(=O)Nc2ccc(C3CCN(C(=O)c4cc(F)c(Br)cc4F)CC3)cc2)cc1. The summed E-state index contributed by atoms with van der Waals surface area (Å²) in [6.45, 7) is 0.877. The first-order valence-corrected chi connectivity index (χ1v) is 12.6. The van der Waals surface area contributed by atoms with E-state index in [0.29, 0.717) is 37.2 Å². The summed E-state index contributed by atoms with van der Waals surface area (Å²) in [6.07, 6.45) is 1.55. The molecule has 0 bridgehead atoms. The molecule has 0 radical (unpaired) electrons. The quantitative estimate of drug-likeness (QED) is 0.304. The van der Waals surface area contributed by atoms with Gasteiger partial charge in [-0.3, -0.25) is 9.59 Å². The number of ether oxygens (including phenoxy) is 1. The molecule has 1 N–H and O–H groups in total. The van der Waals surface area contributed by atoms with Crippen molar-refractivity contribution in [3.05, 3.63) is 99.0 Å². The molecule has 4 rings (SSSR count). The minimum atomic E-state index is -0.753. The lowest BCUT2D eigenvalue weighted by Crippen LogP contribution is -2.38. The standard InChI is InChI=1S/C28H25BrF2N2O4/c1-37-28(36)20-4-2-17(3-5-20)14-26(34)32-21-8-6-18(7-9-21)19-10-12-33(13-11-19)27(35)22-15-25(31)23(29)16-24(22)30/h2-9,15-16,19H,10-14H2,1H3,(H,32,34). The van der Waals surface area contributed by atoms with E-state index < -0.39 is 23.5 Å². The van der Waals surface area contributed by atoms with Crippen molar-refractivity contribution in [3.63, 3.8) is 0 Å². The highest BCUT2D eigenvalue weighted by atomic mass is 79.9. The molecule has 3 aromatic rings. The number of rotatable bonds is 6. The average molecular weight is 571 g/mol. The number of carbonyl (C=O) groups excluding carboxylic acids is 3. The Bertz CT molecular complexity index is 1310. The van der Waals surface area contributed by atoms with Gasteiger partial charge >= 0.3 is 5.97 Å². The Hall–Kier alpha value is -3.59. The van der Waals surface area contributed by atoms with Gasteiger partial charge in [-0.2, -0.15) is 0 Å². The van der Waals surface area contributed by atoms with Crippen LogP contribution in [0.4, 0.5) is 14.5 Å². The number of piperidine rings is 1. The average Bonchev–Trinajstić information content (AvgIpc) is 2.91. The number of nitrogens with one attached hydrogen (secondary N) is 1. The summed E-state index contributed by atoms with van der Waals surface area (Å²) in [4.78, 5) is 38.2. The van der Waals surface area contributed by atoms with Crippen LogP contribution >= 0.6 is 15.9 Å². The molecule has 0 aromatic heterocycles. The molecule has 3 aromatic carbocycles. The molecule has 6 nitrogen and oxygen atoms in total. The van der Waals surface area contributed by atoms with E-state index in [4.69, 9.17) is 0 Å². The second-order valence-corrected chi connectivity index (χ2v) is 9.70. The Labute approximate surface area is 221 Å². The van der Waals surface area contributed by atoms with Gasteiger partial charge in [0.25, 0.3) is 5.91 Å². The van der Waals surface area contributed by atoms with E-state index in [1.807, 2.05) is 24.3 Å². The van der Waals surface area contributed by atoms with Crippen molar-refractivity contribution in [3.8, 4) is 0 Å². The van der Waals surface area contributed by atoms with Gasteiger partial charge in [-0.15, -0.1) is 0 Å². The molecule has 1 aliphatic heterocycles. The van der Waals surface area contributed by atoms with E-state index in [-0.39, 0.29) is 28.3 Å². The molecule has 2 amide bonds. The normalized spacial score (nSPS) is 13.8. The molecule has 1 aliphatic rings. The number of amides is 2. The number of anilines is 1. The Morgan fingerprint density at radius 1 is 0.973 bits per heavy atom. The second-order valence-electron chi connectivity index (χ2n) is 8.85. The van der Waals surface area contributed by atoms with Gasteiger partial charge in [-0.1, -0.05) is 24.3 Å². The third-order valence-electron chi connectivity index (χ3n) is 6.43. The first kappa shape index (κ1) is 26.5. The van der Waals surface area contributed by atoms with Crippen LogP contribution in [-0.4, -0.2) is 42.9 Å². The molecule has 0 atom stereocenters. The minimum absolute atomic E-state index is 0.0193. The van der Waals surface area contributed by atoms with Crippen LogP contribution in [0, 0.1) is 11.6 Å². The zero-order chi connectivity index (χ0) is 26.5. The lowest BCUT2D eigenvalue weighted by Gasteiger charge is -2.32. The molecule has 37 heavy (non-hydrogen) atoms. The Kier molecular flexibility index (Phi) is 8.33. The van der Waals surface area contributed by atoms with Crippen LogP contribution in [0.15, 0.2) is 65.1 Å². The number of nitrogens with zero attached hydrogens (tertiary/aromatic N) is 1. The lowest BCUT2D eigenvalue weighted by molar-refractivity contribution is -0.115. The van der Waals surface area contributed by atoms with Gasteiger partial charge in [0, 0.05) is 18.8 Å². The van der Waals surface area contributed by atoms with E-state index in [2.05, 4.69) is 26.0 Å². The van der Waals surface area contributed by atoms with Crippen molar-refractivity contribution < 1.29 is 27.9 Å². The van der Waals surface area contributed by atoms with Gasteiger partial charge in [0.15, 0.2) is 0 Å². The summed E-state index contributed by atoms with van der Waals surface area (Å²) in [5.41, 5.74) is 2.68. The van der Waals surface area contributed by atoms with E-state index in [1.165, 1.54) is 7.11 Å². The molecule has 192 valence electrons. The number of methoxy groups -OCH3 is 1. The van der Waals surface area contributed by atoms with E-state index >= 15 is 0 Å². The predicted molar refractivity (Wildman–Crippen MR) is 138 cm³/mol. The number of likely N-dealkylation sites (tertiary alicyclic amines) is 1. The molecule has 9 heteroatoms. The topological polar surface area (TPSA) is 75.7 Å². The molecule has 1 fully saturated rings. The highest BCUT2D eigenvalue weighted by Crippen LogP contribution is 2.30.